The molecule has 0 saturated carbocycles. The lowest BCUT2D eigenvalue weighted by atomic mass is 10.2. The van der Waals surface area contributed by atoms with Crippen LogP contribution in [0.4, 0.5) is 5.69 Å². The molecule has 2 aromatic heterocycles. The molecule has 1 amide bonds. The third-order valence-electron chi connectivity index (χ3n) is 5.21. The van der Waals surface area contributed by atoms with Gasteiger partial charge in [0.15, 0.2) is 12.4 Å². The Bertz CT molecular complexity index is 1810. The van der Waals surface area contributed by atoms with E-state index in [4.69, 9.17) is 28.3 Å². The summed E-state index contributed by atoms with van der Waals surface area (Å²) in [5, 5.41) is 10.1. The van der Waals surface area contributed by atoms with Crippen molar-refractivity contribution < 1.29 is 44.7 Å². The normalized spacial score (nSPS) is 11.1. The van der Waals surface area contributed by atoms with E-state index in [2.05, 4.69) is 0 Å². The summed E-state index contributed by atoms with van der Waals surface area (Å²) in [7, 11) is -4.75. The van der Waals surface area contributed by atoms with E-state index in [-0.39, 0.29) is 52.5 Å². The van der Waals surface area contributed by atoms with Gasteiger partial charge in [-0.3, -0.25) is 9.59 Å². The summed E-state index contributed by atoms with van der Waals surface area (Å²) in [5.74, 6) is -1.90. The summed E-state index contributed by atoms with van der Waals surface area (Å²) < 4.78 is 28.9. The molecule has 0 aliphatic carbocycles. The third kappa shape index (κ3) is 5.36. The first-order chi connectivity index (χ1) is 17.4. The van der Waals surface area contributed by atoms with Gasteiger partial charge in [0.1, 0.15) is 5.69 Å². The second kappa shape index (κ2) is 11.1. The van der Waals surface area contributed by atoms with Crippen molar-refractivity contribution in [3.63, 3.8) is 0 Å². The topological polar surface area (TPSA) is 140 Å². The zero-order valence-corrected chi connectivity index (χ0v) is 23.2. The van der Waals surface area contributed by atoms with Crippen molar-refractivity contribution in [2.45, 2.75) is 18.4 Å². The Labute approximate surface area is 235 Å². The molecule has 198 valence electrons. The minimum absolute atomic E-state index is 0. The van der Waals surface area contributed by atoms with E-state index in [0.717, 1.165) is 24.1 Å². The number of fused-ring (bicyclic) bond motifs is 1. The summed E-state index contributed by atoms with van der Waals surface area (Å²) >= 11 is 12.0. The summed E-state index contributed by atoms with van der Waals surface area (Å²) in [4.78, 5) is 50.8. The standard InChI is InChI=1S/C23H16Cl2N4O7S.BrH/c1-14(30)27(17-3-2-10-26(12-17)13-21(31)32)28-20-11-16(25)6-9-19(20)22(33)29(23(28)34)37(35,36)18-7-4-15(24)5-8-18;/h2-12H,13H2,1H3;1H. The molecule has 2 heterocycles. The lowest BCUT2D eigenvalue weighted by Crippen LogP contribution is -3.00. The first-order valence-corrected chi connectivity index (χ1v) is 12.6. The minimum Gasteiger partial charge on any atom is -1.00 e. The average molecular weight is 644 g/mol. The number of benzene rings is 2. The number of hydrogen-bond donors (Lipinski definition) is 1. The summed E-state index contributed by atoms with van der Waals surface area (Å²) in [5.41, 5.74) is -2.65. The van der Waals surface area contributed by atoms with Gasteiger partial charge in [-0.15, -0.1) is 3.97 Å². The molecule has 15 heteroatoms. The number of halogens is 3. The molecular formula is C23H17BrCl2N4O7S. The fourth-order valence-electron chi connectivity index (χ4n) is 3.69. The van der Waals surface area contributed by atoms with Gasteiger partial charge in [-0.05, 0) is 48.5 Å². The van der Waals surface area contributed by atoms with Gasteiger partial charge in [0.2, 0.25) is 12.5 Å². The summed E-state index contributed by atoms with van der Waals surface area (Å²) in [6.45, 7) is 0.659. The Morgan fingerprint density at radius 1 is 1.03 bits per heavy atom. The second-order valence-corrected chi connectivity index (χ2v) is 10.4. The number of anilines is 1. The maximum Gasteiger partial charge on any atom is 0.370 e. The van der Waals surface area contributed by atoms with E-state index < -0.39 is 39.7 Å². The fraction of sp³-hybridized carbons (Fsp3) is 0.0870. The zero-order chi connectivity index (χ0) is 27.1. The minimum atomic E-state index is -4.75. The number of amides is 1. The van der Waals surface area contributed by atoms with Crippen molar-refractivity contribution >= 4 is 61.7 Å². The Morgan fingerprint density at radius 3 is 2.26 bits per heavy atom. The molecule has 2 aromatic carbocycles. The maximum absolute atomic E-state index is 13.8. The predicted molar refractivity (Wildman–Crippen MR) is 134 cm³/mol. The molecule has 0 radical (unpaired) electrons. The van der Waals surface area contributed by atoms with Crippen LogP contribution in [0.15, 0.2) is 81.5 Å². The van der Waals surface area contributed by atoms with Crippen LogP contribution in [-0.2, 0) is 26.2 Å². The molecule has 0 spiro atoms. The highest BCUT2D eigenvalue weighted by Gasteiger charge is 2.29. The maximum atomic E-state index is 13.8. The van der Waals surface area contributed by atoms with E-state index in [1.54, 1.807) is 0 Å². The molecule has 0 unspecified atom stereocenters. The summed E-state index contributed by atoms with van der Waals surface area (Å²) in [6.07, 6.45) is 2.71. The number of carbonyl (C=O) groups excluding carboxylic acids is 1. The molecule has 0 fully saturated rings. The van der Waals surface area contributed by atoms with Crippen LogP contribution in [0.25, 0.3) is 10.9 Å². The molecule has 38 heavy (non-hydrogen) atoms. The first kappa shape index (κ1) is 29.0. The number of rotatable bonds is 6. The van der Waals surface area contributed by atoms with E-state index in [1.165, 1.54) is 59.4 Å². The SMILES string of the molecule is CC(=O)N(c1ccc[n+](CC(=O)O)c1)n1c(=O)n(S(=O)(=O)c2ccc(Cl)cc2)c(=O)c2ccc(Cl)cc21.[Br-]. The predicted octanol–water partition coefficient (Wildman–Crippen LogP) is -1.10. The van der Waals surface area contributed by atoms with Crippen LogP contribution in [0, 0.1) is 0 Å². The number of carboxylic acid groups (broad SMARTS) is 1. The second-order valence-electron chi connectivity index (χ2n) is 7.74. The molecule has 11 nitrogen and oxygen atoms in total. The molecular weight excluding hydrogens is 627 g/mol. The van der Waals surface area contributed by atoms with Crippen molar-refractivity contribution in [2.24, 2.45) is 0 Å². The summed E-state index contributed by atoms with van der Waals surface area (Å²) in [6, 6.07) is 11.5. The number of aromatic nitrogens is 3. The quantitative estimate of drug-likeness (QED) is 0.263. The van der Waals surface area contributed by atoms with Crippen LogP contribution in [-0.4, -0.2) is 34.0 Å². The van der Waals surface area contributed by atoms with Gasteiger partial charge < -0.3 is 22.1 Å². The number of carboxylic acids is 1. The van der Waals surface area contributed by atoms with Gasteiger partial charge in [-0.25, -0.2) is 23.0 Å². The van der Waals surface area contributed by atoms with Crippen LogP contribution < -0.4 is 37.8 Å². The first-order valence-electron chi connectivity index (χ1n) is 10.4. The van der Waals surface area contributed by atoms with E-state index in [9.17, 15) is 27.6 Å². The highest BCUT2D eigenvalue weighted by molar-refractivity contribution is 7.90. The molecule has 0 saturated heterocycles. The molecule has 1 N–H and O–H groups in total. The lowest BCUT2D eigenvalue weighted by molar-refractivity contribution is -0.685. The Kier molecular flexibility index (Phi) is 8.46. The Hall–Kier alpha value is -3.52. The van der Waals surface area contributed by atoms with Gasteiger partial charge in [-0.1, -0.05) is 23.2 Å². The number of aliphatic carboxylic acids is 1. The molecule has 0 atom stereocenters. The van der Waals surface area contributed by atoms with E-state index in [1.807, 2.05) is 0 Å². The Morgan fingerprint density at radius 2 is 1.66 bits per heavy atom. The Balaban J connectivity index is 0.00000400. The van der Waals surface area contributed by atoms with Crippen LogP contribution >= 0.6 is 23.2 Å². The fourth-order valence-corrected chi connectivity index (χ4v) is 5.27. The van der Waals surface area contributed by atoms with Crippen LogP contribution in [0.5, 0.6) is 0 Å². The molecule has 0 bridgehead atoms. The highest BCUT2D eigenvalue weighted by atomic mass is 79.9. The van der Waals surface area contributed by atoms with Crippen molar-refractivity contribution in [3.8, 4) is 0 Å². The van der Waals surface area contributed by atoms with E-state index in [0.29, 0.717) is 4.68 Å². The molecule has 0 aliphatic rings. The van der Waals surface area contributed by atoms with Gasteiger partial charge >= 0.3 is 11.7 Å². The highest BCUT2D eigenvalue weighted by Crippen LogP contribution is 2.21. The van der Waals surface area contributed by atoms with Gasteiger partial charge in [-0.2, -0.15) is 9.24 Å². The van der Waals surface area contributed by atoms with Crippen molar-refractivity contribution in [1.29, 1.82) is 0 Å². The number of carbonyl (C=O) groups is 2. The number of hydrogen-bond acceptors (Lipinski definition) is 6. The van der Waals surface area contributed by atoms with Crippen LogP contribution in [0.2, 0.25) is 10.0 Å². The smallest absolute Gasteiger partial charge is 0.370 e. The zero-order valence-electron chi connectivity index (χ0n) is 19.3. The van der Waals surface area contributed by atoms with Crippen molar-refractivity contribution in [1.82, 2.24) is 8.65 Å². The molecule has 4 rings (SSSR count). The lowest BCUT2D eigenvalue weighted by Gasteiger charge is -2.24. The average Bonchev–Trinajstić information content (AvgIpc) is 2.81. The van der Waals surface area contributed by atoms with Gasteiger partial charge in [0.25, 0.3) is 15.6 Å². The van der Waals surface area contributed by atoms with Gasteiger partial charge in [0, 0.05) is 23.0 Å². The van der Waals surface area contributed by atoms with Crippen LogP contribution in [0.3, 0.4) is 0 Å². The van der Waals surface area contributed by atoms with E-state index >= 15 is 0 Å². The largest absolute Gasteiger partial charge is 1.00 e. The van der Waals surface area contributed by atoms with Crippen molar-refractivity contribution in [2.75, 3.05) is 5.01 Å². The monoisotopic (exact) mass is 642 g/mol. The number of nitrogens with zero attached hydrogens (tertiary/aromatic N) is 4. The third-order valence-corrected chi connectivity index (χ3v) is 7.37. The van der Waals surface area contributed by atoms with Gasteiger partial charge in [0.05, 0.1) is 15.8 Å². The van der Waals surface area contributed by atoms with Crippen LogP contribution in [0.1, 0.15) is 6.92 Å². The molecule has 4 aromatic rings. The molecule has 0 aliphatic heterocycles. The number of pyridine rings is 1. The van der Waals surface area contributed by atoms with Crippen molar-refractivity contribution in [3.05, 3.63) is 97.9 Å².